The molecule has 3 rings (SSSR count). The first-order valence-corrected chi connectivity index (χ1v) is 6.97. The molecule has 1 aromatic heterocycles. The molecule has 0 bridgehead atoms. The van der Waals surface area contributed by atoms with E-state index in [4.69, 9.17) is 4.74 Å². The number of hydrogen-bond donors (Lipinski definition) is 0. The van der Waals surface area contributed by atoms with Gasteiger partial charge in [-0.05, 0) is 52.9 Å². The highest BCUT2D eigenvalue weighted by atomic mass is 16.5. The van der Waals surface area contributed by atoms with E-state index in [1.807, 2.05) is 36.7 Å². The summed E-state index contributed by atoms with van der Waals surface area (Å²) in [7, 11) is 1.69. The molecule has 2 nitrogen and oxygen atoms in total. The summed E-state index contributed by atoms with van der Waals surface area (Å²) in [4.78, 5) is 4.05. The van der Waals surface area contributed by atoms with Crippen LogP contribution < -0.4 is 4.74 Å². The van der Waals surface area contributed by atoms with Gasteiger partial charge < -0.3 is 4.74 Å². The van der Waals surface area contributed by atoms with E-state index < -0.39 is 0 Å². The van der Waals surface area contributed by atoms with Gasteiger partial charge >= 0.3 is 0 Å². The van der Waals surface area contributed by atoms with Crippen molar-refractivity contribution in [2.75, 3.05) is 7.11 Å². The first kappa shape index (κ1) is 13.4. The zero-order valence-corrected chi connectivity index (χ0v) is 12.0. The van der Waals surface area contributed by atoms with Crippen molar-refractivity contribution in [2.24, 2.45) is 0 Å². The molecule has 0 fully saturated rings. The van der Waals surface area contributed by atoms with Crippen LogP contribution >= 0.6 is 0 Å². The van der Waals surface area contributed by atoms with Gasteiger partial charge in [0.2, 0.25) is 0 Å². The van der Waals surface area contributed by atoms with E-state index in [0.29, 0.717) is 0 Å². The van der Waals surface area contributed by atoms with Gasteiger partial charge in [-0.25, -0.2) is 0 Å². The SMILES string of the molecule is COc1ccc(Cc2ccc(-c3ccncc3)cc2)cc1. The van der Waals surface area contributed by atoms with Gasteiger partial charge in [-0.2, -0.15) is 0 Å². The fourth-order valence-electron chi connectivity index (χ4n) is 2.34. The summed E-state index contributed by atoms with van der Waals surface area (Å²) in [6.07, 6.45) is 4.57. The number of nitrogens with zero attached hydrogens (tertiary/aromatic N) is 1. The molecule has 2 aromatic carbocycles. The Bertz CT molecular complexity index is 688. The van der Waals surface area contributed by atoms with E-state index in [1.165, 1.54) is 22.3 Å². The van der Waals surface area contributed by atoms with Crippen LogP contribution in [-0.4, -0.2) is 12.1 Å². The second kappa shape index (κ2) is 6.23. The highest BCUT2D eigenvalue weighted by Gasteiger charge is 2.00. The number of hydrogen-bond acceptors (Lipinski definition) is 2. The first-order chi connectivity index (χ1) is 10.3. The molecule has 104 valence electrons. The number of methoxy groups -OCH3 is 1. The average molecular weight is 275 g/mol. The molecule has 0 aliphatic heterocycles. The summed E-state index contributed by atoms with van der Waals surface area (Å²) < 4.78 is 5.18. The van der Waals surface area contributed by atoms with E-state index in [2.05, 4.69) is 41.4 Å². The number of rotatable bonds is 4. The van der Waals surface area contributed by atoms with Crippen molar-refractivity contribution in [3.63, 3.8) is 0 Å². The number of ether oxygens (including phenoxy) is 1. The molecular weight excluding hydrogens is 258 g/mol. The molecule has 0 atom stereocenters. The topological polar surface area (TPSA) is 22.1 Å². The van der Waals surface area contributed by atoms with Crippen molar-refractivity contribution in [2.45, 2.75) is 6.42 Å². The van der Waals surface area contributed by atoms with Crippen LogP contribution in [0, 0.1) is 0 Å². The van der Waals surface area contributed by atoms with Crippen LogP contribution in [0.25, 0.3) is 11.1 Å². The van der Waals surface area contributed by atoms with E-state index >= 15 is 0 Å². The molecule has 21 heavy (non-hydrogen) atoms. The molecule has 0 aliphatic carbocycles. The molecule has 0 radical (unpaired) electrons. The van der Waals surface area contributed by atoms with Crippen molar-refractivity contribution in [1.82, 2.24) is 4.98 Å². The predicted octanol–water partition coefficient (Wildman–Crippen LogP) is 4.35. The van der Waals surface area contributed by atoms with Crippen molar-refractivity contribution in [1.29, 1.82) is 0 Å². The summed E-state index contributed by atoms with van der Waals surface area (Å²) >= 11 is 0. The Labute approximate surface area is 125 Å². The Hall–Kier alpha value is -2.61. The third kappa shape index (κ3) is 3.29. The zero-order chi connectivity index (χ0) is 14.5. The molecule has 3 aromatic rings. The number of pyridine rings is 1. The molecule has 0 unspecified atom stereocenters. The van der Waals surface area contributed by atoms with E-state index in [0.717, 1.165) is 12.2 Å². The minimum Gasteiger partial charge on any atom is -0.497 e. The molecule has 1 heterocycles. The van der Waals surface area contributed by atoms with E-state index in [1.54, 1.807) is 7.11 Å². The largest absolute Gasteiger partial charge is 0.497 e. The maximum atomic E-state index is 5.18. The molecule has 0 N–H and O–H groups in total. The summed E-state index contributed by atoms with van der Waals surface area (Å²) in [6.45, 7) is 0. The van der Waals surface area contributed by atoms with Crippen molar-refractivity contribution < 1.29 is 4.74 Å². The van der Waals surface area contributed by atoms with Gasteiger partial charge in [-0.1, -0.05) is 36.4 Å². The molecule has 2 heteroatoms. The van der Waals surface area contributed by atoms with Crippen LogP contribution in [0.5, 0.6) is 5.75 Å². The van der Waals surface area contributed by atoms with Crippen LogP contribution in [0.15, 0.2) is 73.1 Å². The molecule has 0 spiro atoms. The smallest absolute Gasteiger partial charge is 0.118 e. The van der Waals surface area contributed by atoms with E-state index in [9.17, 15) is 0 Å². The Morgan fingerprint density at radius 3 is 1.81 bits per heavy atom. The van der Waals surface area contributed by atoms with Gasteiger partial charge in [-0.3, -0.25) is 4.98 Å². The lowest BCUT2D eigenvalue weighted by molar-refractivity contribution is 0.414. The lowest BCUT2D eigenvalue weighted by Crippen LogP contribution is -1.89. The maximum Gasteiger partial charge on any atom is 0.118 e. The lowest BCUT2D eigenvalue weighted by atomic mass is 10.0. The predicted molar refractivity (Wildman–Crippen MR) is 85.5 cm³/mol. The molecule has 0 aliphatic rings. The Morgan fingerprint density at radius 1 is 0.714 bits per heavy atom. The lowest BCUT2D eigenvalue weighted by Gasteiger charge is -2.06. The fraction of sp³-hybridized carbons (Fsp3) is 0.105. The summed E-state index contributed by atoms with van der Waals surface area (Å²) in [5.74, 6) is 0.895. The van der Waals surface area contributed by atoms with Gasteiger partial charge in [0.1, 0.15) is 5.75 Å². The first-order valence-electron chi connectivity index (χ1n) is 6.97. The minimum atomic E-state index is 0.895. The van der Waals surface area contributed by atoms with Crippen LogP contribution in [0.4, 0.5) is 0 Å². The summed E-state index contributed by atoms with van der Waals surface area (Å²) in [5, 5.41) is 0. The molecule has 0 saturated carbocycles. The van der Waals surface area contributed by atoms with Crippen molar-refractivity contribution in [3.8, 4) is 16.9 Å². The highest BCUT2D eigenvalue weighted by Crippen LogP contribution is 2.20. The number of benzene rings is 2. The van der Waals surface area contributed by atoms with Crippen LogP contribution in [-0.2, 0) is 6.42 Å². The summed E-state index contributed by atoms with van der Waals surface area (Å²) in [6, 6.07) is 21.0. The van der Waals surface area contributed by atoms with Crippen molar-refractivity contribution >= 4 is 0 Å². The minimum absolute atomic E-state index is 0.895. The van der Waals surface area contributed by atoms with Gasteiger partial charge in [0.25, 0.3) is 0 Å². The van der Waals surface area contributed by atoms with E-state index in [-0.39, 0.29) is 0 Å². The quantitative estimate of drug-likeness (QED) is 0.706. The molecule has 0 saturated heterocycles. The standard InChI is InChI=1S/C19H17NO/c1-21-19-8-4-16(5-9-19)14-15-2-6-17(7-3-15)18-10-12-20-13-11-18/h2-13H,14H2,1H3. The van der Waals surface area contributed by atoms with Crippen molar-refractivity contribution in [3.05, 3.63) is 84.2 Å². The van der Waals surface area contributed by atoms with Crippen LogP contribution in [0.1, 0.15) is 11.1 Å². The monoisotopic (exact) mass is 275 g/mol. The number of aromatic nitrogens is 1. The Balaban J connectivity index is 1.75. The summed E-state index contributed by atoms with van der Waals surface area (Å²) in [5.41, 5.74) is 5.00. The Kier molecular flexibility index (Phi) is 3.97. The van der Waals surface area contributed by atoms with Gasteiger partial charge in [0, 0.05) is 12.4 Å². The Morgan fingerprint density at radius 2 is 1.24 bits per heavy atom. The van der Waals surface area contributed by atoms with Gasteiger partial charge in [0.05, 0.1) is 7.11 Å². The fourth-order valence-corrected chi connectivity index (χ4v) is 2.34. The third-order valence-electron chi connectivity index (χ3n) is 3.53. The van der Waals surface area contributed by atoms with Gasteiger partial charge in [0.15, 0.2) is 0 Å². The maximum absolute atomic E-state index is 5.18. The second-order valence-electron chi connectivity index (χ2n) is 4.96. The zero-order valence-electron chi connectivity index (χ0n) is 12.0. The average Bonchev–Trinajstić information content (AvgIpc) is 2.57. The van der Waals surface area contributed by atoms with Crippen LogP contribution in [0.3, 0.4) is 0 Å². The normalized spacial score (nSPS) is 10.3. The second-order valence-corrected chi connectivity index (χ2v) is 4.96. The van der Waals surface area contributed by atoms with Gasteiger partial charge in [-0.15, -0.1) is 0 Å². The molecular formula is C19H17NO. The highest BCUT2D eigenvalue weighted by molar-refractivity contribution is 5.63. The van der Waals surface area contributed by atoms with Crippen LogP contribution in [0.2, 0.25) is 0 Å². The third-order valence-corrected chi connectivity index (χ3v) is 3.53. The molecule has 0 amide bonds.